The van der Waals surface area contributed by atoms with Gasteiger partial charge in [-0.25, -0.2) is 9.18 Å². The third kappa shape index (κ3) is 4.70. The molecule has 0 saturated carbocycles. The maximum absolute atomic E-state index is 13.3. The summed E-state index contributed by atoms with van der Waals surface area (Å²) in [6.07, 6.45) is 0.926. The zero-order valence-electron chi connectivity index (χ0n) is 15.0. The van der Waals surface area contributed by atoms with Gasteiger partial charge in [0.05, 0.1) is 18.9 Å². The molecule has 6 nitrogen and oxygen atoms in total. The number of esters is 1. The summed E-state index contributed by atoms with van der Waals surface area (Å²) in [4.78, 5) is 28.8. The van der Waals surface area contributed by atoms with E-state index in [0.717, 1.165) is 12.3 Å². The van der Waals surface area contributed by atoms with Crippen molar-refractivity contribution in [1.82, 2.24) is 4.98 Å². The van der Waals surface area contributed by atoms with E-state index in [0.29, 0.717) is 17.0 Å². The van der Waals surface area contributed by atoms with Crippen molar-refractivity contribution in [2.45, 2.75) is 6.10 Å². The van der Waals surface area contributed by atoms with Crippen LogP contribution in [0.3, 0.4) is 0 Å². The first-order valence-electron chi connectivity index (χ1n) is 8.38. The Balaban J connectivity index is 1.82. The highest BCUT2D eigenvalue weighted by molar-refractivity contribution is 5.98. The lowest BCUT2D eigenvalue weighted by Gasteiger charge is -2.18. The van der Waals surface area contributed by atoms with E-state index in [1.807, 2.05) is 0 Å². The number of aromatic nitrogens is 1. The number of anilines is 1. The van der Waals surface area contributed by atoms with Crippen LogP contribution in [-0.4, -0.2) is 24.0 Å². The van der Waals surface area contributed by atoms with Crippen LogP contribution in [0.1, 0.15) is 22.0 Å². The van der Waals surface area contributed by atoms with Crippen molar-refractivity contribution in [3.63, 3.8) is 0 Å². The highest BCUT2D eigenvalue weighted by atomic mass is 19.1. The Morgan fingerprint density at radius 1 is 1.04 bits per heavy atom. The zero-order valence-corrected chi connectivity index (χ0v) is 15.0. The SMILES string of the molecule is COc1ccc(NC(=O)[C@@H](OC(=O)c2cncc(F)c2)c2ccccc2)cc1. The van der Waals surface area contributed by atoms with Gasteiger partial charge in [0.1, 0.15) is 11.6 Å². The fraction of sp³-hybridized carbons (Fsp3) is 0.0952. The van der Waals surface area contributed by atoms with Crippen LogP contribution in [0.2, 0.25) is 0 Å². The standard InChI is InChI=1S/C21H17FN2O4/c1-27-18-9-7-17(8-10-18)24-20(25)19(14-5-3-2-4-6-14)28-21(26)15-11-16(22)13-23-12-15/h2-13,19H,1H3,(H,24,25)/t19-/m0/s1. The van der Waals surface area contributed by atoms with E-state index in [4.69, 9.17) is 9.47 Å². The molecule has 0 saturated heterocycles. The van der Waals surface area contributed by atoms with Crippen molar-refractivity contribution < 1.29 is 23.5 Å². The predicted octanol–water partition coefficient (Wildman–Crippen LogP) is 3.77. The number of nitrogens with one attached hydrogen (secondary N) is 1. The fourth-order valence-electron chi connectivity index (χ4n) is 2.48. The Hall–Kier alpha value is -3.74. The topological polar surface area (TPSA) is 77.5 Å². The van der Waals surface area contributed by atoms with Crippen LogP contribution in [0.15, 0.2) is 73.1 Å². The lowest BCUT2D eigenvalue weighted by Crippen LogP contribution is -2.26. The number of carbonyl (C=O) groups is 2. The number of ether oxygens (including phenoxy) is 2. The quantitative estimate of drug-likeness (QED) is 0.659. The number of hydrogen-bond donors (Lipinski definition) is 1. The number of pyridine rings is 1. The van der Waals surface area contributed by atoms with Gasteiger partial charge in [0.2, 0.25) is 6.10 Å². The van der Waals surface area contributed by atoms with Crippen molar-refractivity contribution in [2.24, 2.45) is 0 Å². The molecule has 142 valence electrons. The van der Waals surface area contributed by atoms with E-state index in [1.54, 1.807) is 61.7 Å². The molecule has 0 fully saturated rings. The smallest absolute Gasteiger partial charge is 0.340 e. The molecule has 0 bridgehead atoms. The minimum Gasteiger partial charge on any atom is -0.497 e. The molecule has 1 N–H and O–H groups in total. The molecule has 3 aromatic rings. The number of methoxy groups -OCH3 is 1. The highest BCUT2D eigenvalue weighted by Gasteiger charge is 2.26. The highest BCUT2D eigenvalue weighted by Crippen LogP contribution is 2.23. The van der Waals surface area contributed by atoms with Gasteiger partial charge in [-0.3, -0.25) is 9.78 Å². The zero-order chi connectivity index (χ0) is 19.9. The normalized spacial score (nSPS) is 11.4. The molecule has 3 rings (SSSR count). The molecule has 0 aliphatic rings. The second-order valence-electron chi connectivity index (χ2n) is 5.81. The lowest BCUT2D eigenvalue weighted by molar-refractivity contribution is -0.125. The molecule has 1 aromatic heterocycles. The van der Waals surface area contributed by atoms with Crippen LogP contribution in [0.4, 0.5) is 10.1 Å². The van der Waals surface area contributed by atoms with Gasteiger partial charge in [0.15, 0.2) is 0 Å². The van der Waals surface area contributed by atoms with Crippen LogP contribution >= 0.6 is 0 Å². The predicted molar refractivity (Wildman–Crippen MR) is 100 cm³/mol. The Bertz CT molecular complexity index is 962. The van der Waals surface area contributed by atoms with Crippen molar-refractivity contribution in [2.75, 3.05) is 12.4 Å². The summed E-state index contributed by atoms with van der Waals surface area (Å²) in [5.74, 6) is -1.43. The molecule has 28 heavy (non-hydrogen) atoms. The average molecular weight is 380 g/mol. The molecule has 0 unspecified atom stereocenters. The van der Waals surface area contributed by atoms with Gasteiger partial charge in [0.25, 0.3) is 5.91 Å². The van der Waals surface area contributed by atoms with Gasteiger partial charge in [0, 0.05) is 17.4 Å². The molecule has 0 aliphatic carbocycles. The second-order valence-corrected chi connectivity index (χ2v) is 5.81. The van der Waals surface area contributed by atoms with E-state index >= 15 is 0 Å². The Morgan fingerprint density at radius 2 is 1.75 bits per heavy atom. The number of amides is 1. The van der Waals surface area contributed by atoms with Crippen LogP contribution < -0.4 is 10.1 Å². The Labute approximate surface area is 160 Å². The van der Waals surface area contributed by atoms with Crippen molar-refractivity contribution >= 4 is 17.6 Å². The average Bonchev–Trinajstić information content (AvgIpc) is 2.73. The number of halogens is 1. The summed E-state index contributed by atoms with van der Waals surface area (Å²) in [5, 5.41) is 2.70. The van der Waals surface area contributed by atoms with E-state index in [1.165, 1.54) is 6.20 Å². The molecule has 1 amide bonds. The summed E-state index contributed by atoms with van der Waals surface area (Å²) in [7, 11) is 1.54. The molecule has 1 atom stereocenters. The molecule has 1 heterocycles. The number of rotatable bonds is 6. The molecule has 2 aromatic carbocycles. The third-order valence-electron chi connectivity index (χ3n) is 3.86. The Kier molecular flexibility index (Phi) is 5.96. The summed E-state index contributed by atoms with van der Waals surface area (Å²) in [6, 6.07) is 16.3. The fourth-order valence-corrected chi connectivity index (χ4v) is 2.48. The summed E-state index contributed by atoms with van der Waals surface area (Å²) < 4.78 is 23.8. The summed E-state index contributed by atoms with van der Waals surface area (Å²) >= 11 is 0. The van der Waals surface area contributed by atoms with Crippen LogP contribution in [0, 0.1) is 5.82 Å². The first-order valence-corrected chi connectivity index (χ1v) is 8.38. The number of hydrogen-bond acceptors (Lipinski definition) is 5. The summed E-state index contributed by atoms with van der Waals surface area (Å²) in [6.45, 7) is 0. The molecular formula is C21H17FN2O4. The Morgan fingerprint density at radius 3 is 2.39 bits per heavy atom. The van der Waals surface area contributed by atoms with Gasteiger partial charge in [-0.15, -0.1) is 0 Å². The minimum atomic E-state index is -1.22. The molecule has 0 spiro atoms. The van der Waals surface area contributed by atoms with Gasteiger partial charge in [-0.05, 0) is 30.3 Å². The molecule has 0 aliphatic heterocycles. The monoisotopic (exact) mass is 380 g/mol. The first kappa shape index (κ1) is 19.0. The molecule has 0 radical (unpaired) electrons. The van der Waals surface area contributed by atoms with E-state index in [-0.39, 0.29) is 5.56 Å². The maximum Gasteiger partial charge on any atom is 0.340 e. The van der Waals surface area contributed by atoms with Crippen LogP contribution in [0.5, 0.6) is 5.75 Å². The molecular weight excluding hydrogens is 363 g/mol. The van der Waals surface area contributed by atoms with Crippen LogP contribution in [-0.2, 0) is 9.53 Å². The van der Waals surface area contributed by atoms with Gasteiger partial charge < -0.3 is 14.8 Å². The van der Waals surface area contributed by atoms with Crippen molar-refractivity contribution in [3.05, 3.63) is 90.0 Å². The number of carbonyl (C=O) groups excluding carboxylic acids is 2. The maximum atomic E-state index is 13.3. The van der Waals surface area contributed by atoms with E-state index < -0.39 is 23.8 Å². The molecule has 7 heteroatoms. The lowest BCUT2D eigenvalue weighted by atomic mass is 10.1. The van der Waals surface area contributed by atoms with Gasteiger partial charge in [-0.1, -0.05) is 30.3 Å². The number of benzene rings is 2. The van der Waals surface area contributed by atoms with Gasteiger partial charge >= 0.3 is 5.97 Å². The van der Waals surface area contributed by atoms with Crippen molar-refractivity contribution in [1.29, 1.82) is 0 Å². The van der Waals surface area contributed by atoms with E-state index in [2.05, 4.69) is 10.3 Å². The van der Waals surface area contributed by atoms with Crippen LogP contribution in [0.25, 0.3) is 0 Å². The summed E-state index contributed by atoms with van der Waals surface area (Å²) in [5.41, 5.74) is 0.902. The second kappa shape index (κ2) is 8.77. The third-order valence-corrected chi connectivity index (χ3v) is 3.86. The first-order chi connectivity index (χ1) is 13.6. The number of nitrogens with zero attached hydrogens (tertiary/aromatic N) is 1. The van der Waals surface area contributed by atoms with Gasteiger partial charge in [-0.2, -0.15) is 0 Å². The van der Waals surface area contributed by atoms with Crippen molar-refractivity contribution in [3.8, 4) is 5.75 Å². The van der Waals surface area contributed by atoms with E-state index in [9.17, 15) is 14.0 Å². The minimum absolute atomic E-state index is 0.0850. The largest absolute Gasteiger partial charge is 0.497 e.